The van der Waals surface area contributed by atoms with E-state index in [1.807, 2.05) is 30.1 Å². The Labute approximate surface area is 159 Å². The van der Waals surface area contributed by atoms with E-state index in [1.54, 1.807) is 11.8 Å². The van der Waals surface area contributed by atoms with Crippen LogP contribution in [0, 0.1) is 5.92 Å². The molecule has 0 aliphatic heterocycles. The smallest absolute Gasteiger partial charge is 0.232 e. The molecule has 1 aromatic heterocycles. The summed E-state index contributed by atoms with van der Waals surface area (Å²) in [5.74, 6) is 2.94. The number of nitrogens with zero attached hydrogens (tertiary/aromatic N) is 3. The van der Waals surface area contributed by atoms with Crippen LogP contribution in [-0.2, 0) is 4.79 Å². The molecular weight excluding hydrogens is 342 g/mol. The topological polar surface area (TPSA) is 46.1 Å². The van der Waals surface area contributed by atoms with Crippen LogP contribution in [0.1, 0.15) is 57.2 Å². The van der Waals surface area contributed by atoms with Crippen molar-refractivity contribution in [3.63, 3.8) is 0 Å². The lowest BCUT2D eigenvalue weighted by molar-refractivity contribution is -0.129. The fourth-order valence-corrected chi connectivity index (χ4v) is 4.71. The number of thioether (sulfide) groups is 1. The number of fused-ring (bicyclic) bond motifs is 1. The second-order valence-corrected chi connectivity index (χ2v) is 8.85. The largest absolute Gasteiger partial charge is 0.342 e. The summed E-state index contributed by atoms with van der Waals surface area (Å²) in [7, 11) is 1.97. The van der Waals surface area contributed by atoms with Crippen molar-refractivity contribution in [2.75, 3.05) is 12.8 Å². The molecule has 1 aromatic carbocycles. The zero-order valence-corrected chi connectivity index (χ0v) is 16.5. The highest BCUT2D eigenvalue weighted by Crippen LogP contribution is 2.39. The number of hydrogen-bond acceptors (Lipinski definition) is 4. The SMILES string of the molecule is CC1CCC(N(C)C(=O)CSc2nc(C3CC3)nc3ccccc23)CC1. The monoisotopic (exact) mass is 369 g/mol. The summed E-state index contributed by atoms with van der Waals surface area (Å²) >= 11 is 1.57. The van der Waals surface area contributed by atoms with Gasteiger partial charge in [-0.05, 0) is 50.5 Å². The molecule has 0 saturated heterocycles. The van der Waals surface area contributed by atoms with Crippen molar-refractivity contribution in [1.29, 1.82) is 0 Å². The van der Waals surface area contributed by atoms with Crippen molar-refractivity contribution >= 4 is 28.6 Å². The lowest BCUT2D eigenvalue weighted by Gasteiger charge is -2.33. The van der Waals surface area contributed by atoms with E-state index < -0.39 is 0 Å². The van der Waals surface area contributed by atoms with Gasteiger partial charge in [-0.15, -0.1) is 0 Å². The minimum absolute atomic E-state index is 0.213. The molecule has 4 nitrogen and oxygen atoms in total. The second kappa shape index (κ2) is 7.55. The van der Waals surface area contributed by atoms with Crippen LogP contribution in [0.2, 0.25) is 0 Å². The van der Waals surface area contributed by atoms with Crippen LogP contribution < -0.4 is 0 Å². The molecule has 0 radical (unpaired) electrons. The molecule has 2 fully saturated rings. The van der Waals surface area contributed by atoms with E-state index >= 15 is 0 Å². The van der Waals surface area contributed by atoms with Gasteiger partial charge in [0.25, 0.3) is 0 Å². The fourth-order valence-electron chi connectivity index (χ4n) is 3.76. The molecule has 0 atom stereocenters. The Morgan fingerprint density at radius 2 is 1.85 bits per heavy atom. The van der Waals surface area contributed by atoms with Crippen LogP contribution in [0.3, 0.4) is 0 Å². The van der Waals surface area contributed by atoms with Gasteiger partial charge in [0.1, 0.15) is 10.9 Å². The van der Waals surface area contributed by atoms with E-state index in [0.29, 0.717) is 17.7 Å². The quantitative estimate of drug-likeness (QED) is 0.569. The maximum Gasteiger partial charge on any atom is 0.232 e. The molecule has 138 valence electrons. The Balaban J connectivity index is 1.46. The zero-order valence-electron chi connectivity index (χ0n) is 15.6. The lowest BCUT2D eigenvalue weighted by Crippen LogP contribution is -2.40. The molecule has 1 amide bonds. The molecule has 1 heterocycles. The molecular formula is C21H27N3OS. The molecule has 0 N–H and O–H groups in total. The van der Waals surface area contributed by atoms with Crippen molar-refractivity contribution in [2.24, 2.45) is 5.92 Å². The minimum Gasteiger partial charge on any atom is -0.342 e. The summed E-state index contributed by atoms with van der Waals surface area (Å²) in [6, 6.07) is 8.55. The van der Waals surface area contributed by atoms with Gasteiger partial charge in [0, 0.05) is 24.4 Å². The van der Waals surface area contributed by atoms with Crippen LogP contribution in [0.5, 0.6) is 0 Å². The highest BCUT2D eigenvalue weighted by Gasteiger charge is 2.28. The van der Waals surface area contributed by atoms with Crippen LogP contribution in [0.25, 0.3) is 10.9 Å². The van der Waals surface area contributed by atoms with Crippen molar-refractivity contribution in [3.05, 3.63) is 30.1 Å². The Bertz CT molecular complexity index is 797. The third-order valence-electron chi connectivity index (χ3n) is 5.79. The molecule has 5 heteroatoms. The number of para-hydroxylation sites is 1. The van der Waals surface area contributed by atoms with E-state index in [2.05, 4.69) is 13.0 Å². The number of hydrogen-bond donors (Lipinski definition) is 0. The van der Waals surface area contributed by atoms with E-state index in [9.17, 15) is 4.79 Å². The van der Waals surface area contributed by atoms with E-state index in [-0.39, 0.29) is 5.91 Å². The molecule has 0 spiro atoms. The van der Waals surface area contributed by atoms with Gasteiger partial charge in [0.15, 0.2) is 0 Å². The number of aromatic nitrogens is 2. The van der Waals surface area contributed by atoms with E-state index in [0.717, 1.165) is 40.5 Å². The number of carbonyl (C=O) groups excluding carboxylic acids is 1. The number of benzene rings is 1. The van der Waals surface area contributed by atoms with Gasteiger partial charge >= 0.3 is 0 Å². The Kier molecular flexibility index (Phi) is 5.16. The predicted octanol–water partition coefficient (Wildman–Crippen LogP) is 4.64. The molecule has 0 bridgehead atoms. The van der Waals surface area contributed by atoms with Crippen LogP contribution in [-0.4, -0.2) is 39.6 Å². The lowest BCUT2D eigenvalue weighted by atomic mass is 9.87. The number of carbonyl (C=O) groups is 1. The first kappa shape index (κ1) is 17.8. The van der Waals surface area contributed by atoms with Gasteiger partial charge in [-0.2, -0.15) is 0 Å². The van der Waals surface area contributed by atoms with E-state index in [4.69, 9.17) is 9.97 Å². The van der Waals surface area contributed by atoms with Gasteiger partial charge < -0.3 is 4.90 Å². The minimum atomic E-state index is 0.213. The van der Waals surface area contributed by atoms with Crippen LogP contribution in [0.15, 0.2) is 29.3 Å². The first-order chi connectivity index (χ1) is 12.6. The first-order valence-corrected chi connectivity index (χ1v) is 10.8. The predicted molar refractivity (Wildman–Crippen MR) is 106 cm³/mol. The number of amides is 1. The van der Waals surface area contributed by atoms with Gasteiger partial charge in [-0.3, -0.25) is 4.79 Å². The molecule has 26 heavy (non-hydrogen) atoms. The van der Waals surface area contributed by atoms with Crippen molar-refractivity contribution in [2.45, 2.75) is 62.4 Å². The van der Waals surface area contributed by atoms with Crippen molar-refractivity contribution < 1.29 is 4.79 Å². The average molecular weight is 370 g/mol. The normalized spacial score (nSPS) is 23.2. The third-order valence-corrected chi connectivity index (χ3v) is 6.76. The Morgan fingerprint density at radius 1 is 1.12 bits per heavy atom. The highest BCUT2D eigenvalue weighted by molar-refractivity contribution is 8.00. The third kappa shape index (κ3) is 3.88. The molecule has 0 unspecified atom stereocenters. The highest BCUT2D eigenvalue weighted by atomic mass is 32.2. The summed E-state index contributed by atoms with van der Waals surface area (Å²) in [4.78, 5) is 24.2. The number of rotatable bonds is 5. The maximum absolute atomic E-state index is 12.7. The Morgan fingerprint density at radius 3 is 2.58 bits per heavy atom. The molecule has 2 aromatic rings. The van der Waals surface area contributed by atoms with Crippen molar-refractivity contribution in [3.8, 4) is 0 Å². The summed E-state index contributed by atoms with van der Waals surface area (Å²) in [6.07, 6.45) is 7.11. The van der Waals surface area contributed by atoms with Gasteiger partial charge in [0.2, 0.25) is 5.91 Å². The molecule has 2 saturated carbocycles. The van der Waals surface area contributed by atoms with E-state index in [1.165, 1.54) is 25.7 Å². The first-order valence-electron chi connectivity index (χ1n) is 9.77. The van der Waals surface area contributed by atoms with Gasteiger partial charge in [-0.25, -0.2) is 9.97 Å². The van der Waals surface area contributed by atoms with Crippen LogP contribution >= 0.6 is 11.8 Å². The maximum atomic E-state index is 12.7. The molecule has 4 rings (SSSR count). The van der Waals surface area contributed by atoms with Gasteiger partial charge in [-0.1, -0.05) is 36.9 Å². The van der Waals surface area contributed by atoms with Crippen LogP contribution in [0.4, 0.5) is 0 Å². The molecule has 2 aliphatic rings. The Hall–Kier alpha value is -1.62. The summed E-state index contributed by atoms with van der Waals surface area (Å²) < 4.78 is 0. The summed E-state index contributed by atoms with van der Waals surface area (Å²) in [5.41, 5.74) is 0.994. The summed E-state index contributed by atoms with van der Waals surface area (Å²) in [5, 5.41) is 2.01. The second-order valence-electron chi connectivity index (χ2n) is 7.89. The zero-order chi connectivity index (χ0) is 18.1. The summed E-state index contributed by atoms with van der Waals surface area (Å²) in [6.45, 7) is 2.31. The average Bonchev–Trinajstić information content (AvgIpc) is 3.51. The van der Waals surface area contributed by atoms with Crippen molar-refractivity contribution in [1.82, 2.24) is 14.9 Å². The molecule has 2 aliphatic carbocycles. The standard InChI is InChI=1S/C21H27N3OS/c1-14-7-11-16(12-8-14)24(2)19(25)13-26-21-17-5-3-4-6-18(17)22-20(23-21)15-9-10-15/h3-6,14-16H,7-13H2,1-2H3. The fraction of sp³-hybridized carbons (Fsp3) is 0.571. The van der Waals surface area contributed by atoms with Gasteiger partial charge in [0.05, 0.1) is 11.3 Å².